The summed E-state index contributed by atoms with van der Waals surface area (Å²) >= 11 is 0. The minimum Gasteiger partial charge on any atom is -0.305 e. The maximum atomic E-state index is 13.4. The summed E-state index contributed by atoms with van der Waals surface area (Å²) in [5.41, 5.74) is 1.39. The SMILES string of the molecule is CN(C)Cc1ccc(CC#N)cc1F. The monoisotopic (exact) mass is 192 g/mol. The quantitative estimate of drug-likeness (QED) is 0.732. The summed E-state index contributed by atoms with van der Waals surface area (Å²) in [4.78, 5) is 1.91. The second-order valence-electron chi connectivity index (χ2n) is 3.50. The Morgan fingerprint density at radius 2 is 2.14 bits per heavy atom. The molecule has 0 aliphatic heterocycles. The van der Waals surface area contributed by atoms with Gasteiger partial charge in [0.25, 0.3) is 0 Å². The predicted octanol–water partition coefficient (Wildman–Crippen LogP) is 1.95. The molecule has 3 heteroatoms. The fraction of sp³-hybridized carbons (Fsp3) is 0.364. The van der Waals surface area contributed by atoms with E-state index in [1.807, 2.05) is 25.1 Å². The Morgan fingerprint density at radius 3 is 2.64 bits per heavy atom. The first-order valence-corrected chi connectivity index (χ1v) is 4.42. The minimum atomic E-state index is -0.230. The van der Waals surface area contributed by atoms with Crippen molar-refractivity contribution in [2.45, 2.75) is 13.0 Å². The van der Waals surface area contributed by atoms with E-state index in [0.29, 0.717) is 12.1 Å². The molecular formula is C11H13FN2. The first-order chi connectivity index (χ1) is 6.63. The molecule has 0 saturated carbocycles. The van der Waals surface area contributed by atoms with Gasteiger partial charge in [-0.05, 0) is 25.7 Å². The first-order valence-electron chi connectivity index (χ1n) is 4.42. The van der Waals surface area contributed by atoms with Crippen LogP contribution in [0, 0.1) is 17.1 Å². The molecule has 0 unspecified atom stereocenters. The van der Waals surface area contributed by atoms with E-state index in [-0.39, 0.29) is 12.2 Å². The van der Waals surface area contributed by atoms with Crippen LogP contribution in [0.25, 0.3) is 0 Å². The van der Waals surface area contributed by atoms with Crippen molar-refractivity contribution in [3.63, 3.8) is 0 Å². The van der Waals surface area contributed by atoms with Gasteiger partial charge in [-0.15, -0.1) is 0 Å². The zero-order valence-electron chi connectivity index (χ0n) is 8.42. The molecule has 0 aliphatic rings. The van der Waals surface area contributed by atoms with Gasteiger partial charge in [0.1, 0.15) is 5.82 Å². The number of hydrogen-bond donors (Lipinski definition) is 0. The average molecular weight is 192 g/mol. The normalized spacial score (nSPS) is 10.2. The summed E-state index contributed by atoms with van der Waals surface area (Å²) in [7, 11) is 3.78. The van der Waals surface area contributed by atoms with E-state index >= 15 is 0 Å². The summed E-state index contributed by atoms with van der Waals surface area (Å²) in [5, 5.41) is 8.44. The van der Waals surface area contributed by atoms with Gasteiger partial charge in [0.15, 0.2) is 0 Å². The van der Waals surface area contributed by atoms with Crippen LogP contribution in [0.15, 0.2) is 18.2 Å². The van der Waals surface area contributed by atoms with E-state index in [1.54, 1.807) is 12.1 Å². The molecule has 1 aromatic rings. The van der Waals surface area contributed by atoms with E-state index in [1.165, 1.54) is 6.07 Å². The van der Waals surface area contributed by atoms with Crippen LogP contribution in [0.1, 0.15) is 11.1 Å². The van der Waals surface area contributed by atoms with Crippen LogP contribution in [0.4, 0.5) is 4.39 Å². The number of halogens is 1. The molecule has 0 aromatic heterocycles. The van der Waals surface area contributed by atoms with Crippen molar-refractivity contribution in [1.29, 1.82) is 5.26 Å². The van der Waals surface area contributed by atoms with Gasteiger partial charge in [-0.2, -0.15) is 5.26 Å². The third-order valence-electron chi connectivity index (χ3n) is 1.89. The van der Waals surface area contributed by atoms with Crippen LogP contribution < -0.4 is 0 Å². The van der Waals surface area contributed by atoms with Crippen LogP contribution in [0.3, 0.4) is 0 Å². The molecule has 0 atom stereocenters. The van der Waals surface area contributed by atoms with Crippen LogP contribution in [-0.2, 0) is 13.0 Å². The minimum absolute atomic E-state index is 0.230. The topological polar surface area (TPSA) is 27.0 Å². The van der Waals surface area contributed by atoms with Gasteiger partial charge < -0.3 is 4.90 Å². The number of rotatable bonds is 3. The molecule has 0 spiro atoms. The fourth-order valence-electron chi connectivity index (χ4n) is 1.26. The number of nitrogens with zero attached hydrogens (tertiary/aromatic N) is 2. The molecule has 1 rings (SSSR count). The molecule has 0 fully saturated rings. The molecule has 2 nitrogen and oxygen atoms in total. The third kappa shape index (κ3) is 2.82. The Kier molecular flexibility index (Phi) is 3.61. The lowest BCUT2D eigenvalue weighted by atomic mass is 10.1. The Balaban J connectivity index is 2.85. The predicted molar refractivity (Wildman–Crippen MR) is 53.1 cm³/mol. The van der Waals surface area contributed by atoms with Gasteiger partial charge in [-0.1, -0.05) is 12.1 Å². The largest absolute Gasteiger partial charge is 0.305 e. The molecule has 0 bridgehead atoms. The zero-order valence-corrected chi connectivity index (χ0v) is 8.42. The van der Waals surface area contributed by atoms with Crippen molar-refractivity contribution < 1.29 is 4.39 Å². The van der Waals surface area contributed by atoms with Crippen LogP contribution in [0.2, 0.25) is 0 Å². The lowest BCUT2D eigenvalue weighted by molar-refractivity contribution is 0.392. The summed E-state index contributed by atoms with van der Waals surface area (Å²) < 4.78 is 13.4. The maximum absolute atomic E-state index is 13.4. The number of nitriles is 1. The Morgan fingerprint density at radius 1 is 1.43 bits per heavy atom. The Bertz CT molecular complexity index is 353. The maximum Gasteiger partial charge on any atom is 0.128 e. The molecule has 0 heterocycles. The van der Waals surface area contributed by atoms with Crippen molar-refractivity contribution in [2.24, 2.45) is 0 Å². The van der Waals surface area contributed by atoms with E-state index in [2.05, 4.69) is 0 Å². The smallest absolute Gasteiger partial charge is 0.128 e. The van der Waals surface area contributed by atoms with Crippen LogP contribution in [-0.4, -0.2) is 19.0 Å². The molecule has 74 valence electrons. The van der Waals surface area contributed by atoms with Crippen molar-refractivity contribution in [3.8, 4) is 6.07 Å². The highest BCUT2D eigenvalue weighted by Gasteiger charge is 2.04. The zero-order chi connectivity index (χ0) is 10.6. The Hall–Kier alpha value is -1.40. The Labute approximate surface area is 83.6 Å². The van der Waals surface area contributed by atoms with Crippen LogP contribution in [0.5, 0.6) is 0 Å². The van der Waals surface area contributed by atoms with Crippen molar-refractivity contribution in [2.75, 3.05) is 14.1 Å². The lowest BCUT2D eigenvalue weighted by Gasteiger charge is -2.10. The molecular weight excluding hydrogens is 179 g/mol. The summed E-state index contributed by atoms with van der Waals surface area (Å²) in [5.74, 6) is -0.230. The molecule has 0 radical (unpaired) electrons. The van der Waals surface area contributed by atoms with E-state index in [0.717, 1.165) is 5.56 Å². The summed E-state index contributed by atoms with van der Waals surface area (Å²) in [6.07, 6.45) is 0.263. The standard InChI is InChI=1S/C11H13FN2/c1-14(2)8-10-4-3-9(5-6-13)7-11(10)12/h3-4,7H,5,8H2,1-2H3. The highest BCUT2D eigenvalue weighted by molar-refractivity contribution is 5.26. The molecule has 0 saturated heterocycles. The summed E-state index contributed by atoms with van der Waals surface area (Å²) in [6.45, 7) is 0.582. The highest BCUT2D eigenvalue weighted by atomic mass is 19.1. The van der Waals surface area contributed by atoms with Gasteiger partial charge in [-0.3, -0.25) is 0 Å². The average Bonchev–Trinajstić information content (AvgIpc) is 2.10. The second-order valence-corrected chi connectivity index (χ2v) is 3.50. The third-order valence-corrected chi connectivity index (χ3v) is 1.89. The second kappa shape index (κ2) is 4.73. The summed E-state index contributed by atoms with van der Waals surface area (Å²) in [6, 6.07) is 6.96. The van der Waals surface area contributed by atoms with Crippen molar-refractivity contribution >= 4 is 0 Å². The lowest BCUT2D eigenvalue weighted by Crippen LogP contribution is -2.12. The molecule has 0 aliphatic carbocycles. The van der Waals surface area contributed by atoms with Gasteiger partial charge in [0, 0.05) is 12.1 Å². The van der Waals surface area contributed by atoms with Gasteiger partial charge in [-0.25, -0.2) is 4.39 Å². The van der Waals surface area contributed by atoms with Crippen LogP contribution >= 0.6 is 0 Å². The molecule has 14 heavy (non-hydrogen) atoms. The van der Waals surface area contributed by atoms with E-state index < -0.39 is 0 Å². The molecule has 1 aromatic carbocycles. The number of benzene rings is 1. The van der Waals surface area contributed by atoms with Crippen molar-refractivity contribution in [3.05, 3.63) is 35.1 Å². The van der Waals surface area contributed by atoms with Crippen molar-refractivity contribution in [1.82, 2.24) is 4.90 Å². The van der Waals surface area contributed by atoms with Gasteiger partial charge >= 0.3 is 0 Å². The van der Waals surface area contributed by atoms with E-state index in [4.69, 9.17) is 5.26 Å². The number of hydrogen-bond acceptors (Lipinski definition) is 2. The highest BCUT2D eigenvalue weighted by Crippen LogP contribution is 2.12. The van der Waals surface area contributed by atoms with Gasteiger partial charge in [0.2, 0.25) is 0 Å². The fourth-order valence-corrected chi connectivity index (χ4v) is 1.26. The van der Waals surface area contributed by atoms with E-state index in [9.17, 15) is 4.39 Å². The molecule has 0 amide bonds. The molecule has 0 N–H and O–H groups in total. The first kappa shape index (κ1) is 10.7. The van der Waals surface area contributed by atoms with Gasteiger partial charge in [0.05, 0.1) is 12.5 Å².